The quantitative estimate of drug-likeness (QED) is 0.628. The lowest BCUT2D eigenvalue weighted by Crippen LogP contribution is -2.31. The number of H-pyrrole nitrogens is 1. The minimum absolute atomic E-state index is 0.0879. The number of anilines is 1. The lowest BCUT2D eigenvalue weighted by atomic mass is 10.1. The first-order chi connectivity index (χ1) is 15.2. The summed E-state index contributed by atoms with van der Waals surface area (Å²) in [4.78, 5) is 43.9. The molecule has 0 bridgehead atoms. The molecule has 32 heavy (non-hydrogen) atoms. The number of hydrogen-bond acceptors (Lipinski definition) is 6. The van der Waals surface area contributed by atoms with Crippen LogP contribution in [-0.4, -0.2) is 40.5 Å². The molecule has 1 aliphatic heterocycles. The molecule has 162 valence electrons. The minimum atomic E-state index is -3.95. The van der Waals surface area contributed by atoms with Crippen molar-refractivity contribution in [2.75, 3.05) is 5.32 Å². The monoisotopic (exact) mass is 450 g/mol. The van der Waals surface area contributed by atoms with Gasteiger partial charge in [0.05, 0.1) is 5.56 Å². The molecule has 2 aromatic carbocycles. The van der Waals surface area contributed by atoms with Crippen molar-refractivity contribution in [3.05, 3.63) is 75.7 Å². The number of hydrogen-bond donors (Lipinski definition) is 2. The fraction of sp³-hybridized carbons (Fsp3) is 0.182. The van der Waals surface area contributed by atoms with Crippen molar-refractivity contribution in [3.63, 3.8) is 0 Å². The van der Waals surface area contributed by atoms with Gasteiger partial charge in [-0.3, -0.25) is 14.4 Å². The summed E-state index contributed by atoms with van der Waals surface area (Å²) in [6.07, 6.45) is 1.31. The van der Waals surface area contributed by atoms with Crippen LogP contribution in [0.1, 0.15) is 39.3 Å². The Bertz CT molecular complexity index is 1460. The lowest BCUT2D eigenvalue weighted by molar-refractivity contribution is 0.0864. The summed E-state index contributed by atoms with van der Waals surface area (Å²) in [6.45, 7) is 1.71. The second-order valence-electron chi connectivity index (χ2n) is 7.82. The first-order valence-corrected chi connectivity index (χ1v) is 11.4. The number of nitrogens with one attached hydrogen (secondary N) is 2. The molecule has 0 radical (unpaired) electrons. The van der Waals surface area contributed by atoms with Gasteiger partial charge >= 0.3 is 0 Å². The van der Waals surface area contributed by atoms with Crippen molar-refractivity contribution in [2.45, 2.75) is 30.7 Å². The van der Waals surface area contributed by atoms with Gasteiger partial charge in [-0.15, -0.1) is 0 Å². The number of carbonyl (C=O) groups is 2. The third kappa shape index (κ3) is 3.38. The molecule has 3 aromatic rings. The van der Waals surface area contributed by atoms with E-state index in [-0.39, 0.29) is 27.6 Å². The summed E-state index contributed by atoms with van der Waals surface area (Å²) in [5.74, 6) is -0.696. The fourth-order valence-corrected chi connectivity index (χ4v) is 5.56. The highest BCUT2D eigenvalue weighted by Gasteiger charge is 2.48. The van der Waals surface area contributed by atoms with Gasteiger partial charge in [-0.25, -0.2) is 17.7 Å². The third-order valence-electron chi connectivity index (χ3n) is 5.35. The molecule has 9 nitrogen and oxygen atoms in total. The maximum atomic E-state index is 12.8. The van der Waals surface area contributed by atoms with Gasteiger partial charge in [0, 0.05) is 34.6 Å². The second kappa shape index (κ2) is 7.13. The van der Waals surface area contributed by atoms with Crippen LogP contribution < -0.4 is 10.9 Å². The number of aromatic amines is 1. The van der Waals surface area contributed by atoms with Crippen LogP contribution >= 0.6 is 0 Å². The number of amides is 2. The van der Waals surface area contributed by atoms with Gasteiger partial charge in [0.15, 0.2) is 0 Å². The Kier molecular flexibility index (Phi) is 4.48. The van der Waals surface area contributed by atoms with Crippen LogP contribution in [0.2, 0.25) is 0 Å². The molecule has 5 rings (SSSR count). The normalized spacial score (nSPS) is 16.7. The smallest absolute Gasteiger partial charge is 0.269 e. The van der Waals surface area contributed by atoms with Gasteiger partial charge in [0.2, 0.25) is 0 Å². The molecule has 2 amide bonds. The second-order valence-corrected chi connectivity index (χ2v) is 9.60. The maximum Gasteiger partial charge on any atom is 0.269 e. The molecule has 2 N–H and O–H groups in total. The standard InChI is InChI=1S/C22H18N4O5S/c1-12-9-19(27)25-20(23-12)13-3-2-4-15(10-13)24-21(28)14-5-8-17-18(11-14)32(30,31)26(22(17)29)16-6-7-16/h2-5,8-11,16H,6-7H2,1H3,(H,24,28)(H,23,25,27). The van der Waals surface area contributed by atoms with Gasteiger partial charge in [-0.2, -0.15) is 0 Å². The summed E-state index contributed by atoms with van der Waals surface area (Å²) in [6, 6.07) is 11.9. The van der Waals surface area contributed by atoms with Gasteiger partial charge < -0.3 is 10.3 Å². The highest BCUT2D eigenvalue weighted by atomic mass is 32.2. The topological polar surface area (TPSA) is 129 Å². The van der Waals surface area contributed by atoms with E-state index in [0.717, 1.165) is 4.31 Å². The number of fused-ring (bicyclic) bond motifs is 1. The number of benzene rings is 2. The van der Waals surface area contributed by atoms with E-state index in [1.807, 2.05) is 0 Å². The molecule has 1 aromatic heterocycles. The third-order valence-corrected chi connectivity index (χ3v) is 7.23. The average Bonchev–Trinajstić information content (AvgIpc) is 3.54. The number of rotatable bonds is 4. The molecule has 0 spiro atoms. The summed E-state index contributed by atoms with van der Waals surface area (Å²) in [5.41, 5.74) is 1.53. The Balaban J connectivity index is 1.43. The molecule has 0 saturated heterocycles. The predicted octanol–water partition coefficient (Wildman–Crippen LogP) is 2.30. The Labute approximate surface area is 183 Å². The van der Waals surface area contributed by atoms with Gasteiger partial charge in [0.25, 0.3) is 27.4 Å². The van der Waals surface area contributed by atoms with Crippen LogP contribution in [0.3, 0.4) is 0 Å². The Hall–Kier alpha value is -3.79. The Morgan fingerprint density at radius 1 is 1.12 bits per heavy atom. The minimum Gasteiger partial charge on any atom is -0.322 e. The average molecular weight is 450 g/mol. The zero-order valence-corrected chi connectivity index (χ0v) is 17.8. The highest BCUT2D eigenvalue weighted by molar-refractivity contribution is 7.90. The first-order valence-electron chi connectivity index (χ1n) is 9.96. The van der Waals surface area contributed by atoms with Crippen molar-refractivity contribution in [1.29, 1.82) is 0 Å². The molecule has 0 atom stereocenters. The molecule has 2 heterocycles. The molecular weight excluding hydrogens is 432 g/mol. The molecular formula is C22H18N4O5S. The number of carbonyl (C=O) groups excluding carboxylic acids is 2. The zero-order chi connectivity index (χ0) is 22.6. The molecule has 1 saturated carbocycles. The maximum absolute atomic E-state index is 12.8. The Morgan fingerprint density at radius 3 is 2.62 bits per heavy atom. The number of aryl methyl sites for hydroxylation is 1. The molecule has 1 aliphatic carbocycles. The molecule has 1 fully saturated rings. The fourth-order valence-electron chi connectivity index (χ4n) is 3.72. The van der Waals surface area contributed by atoms with Crippen LogP contribution in [0, 0.1) is 6.92 Å². The summed E-state index contributed by atoms with van der Waals surface area (Å²) in [7, 11) is -3.95. The van der Waals surface area contributed by atoms with E-state index in [9.17, 15) is 22.8 Å². The highest BCUT2D eigenvalue weighted by Crippen LogP contribution is 2.39. The van der Waals surface area contributed by atoms with E-state index in [1.54, 1.807) is 31.2 Å². The number of sulfonamides is 1. The first kappa shape index (κ1) is 20.1. The van der Waals surface area contributed by atoms with Gasteiger partial charge in [-0.1, -0.05) is 12.1 Å². The summed E-state index contributed by atoms with van der Waals surface area (Å²) >= 11 is 0. The van der Waals surface area contributed by atoms with Crippen molar-refractivity contribution >= 4 is 27.5 Å². The lowest BCUT2D eigenvalue weighted by Gasteiger charge is -2.13. The van der Waals surface area contributed by atoms with Crippen molar-refractivity contribution < 1.29 is 18.0 Å². The molecule has 0 unspecified atom stereocenters. The van der Waals surface area contributed by atoms with E-state index in [0.29, 0.717) is 35.6 Å². The SMILES string of the molecule is Cc1cc(=O)[nH]c(-c2cccc(NC(=O)c3ccc4c(c3)S(=O)(=O)N(C3CC3)C4=O)c2)n1. The zero-order valence-electron chi connectivity index (χ0n) is 17.0. The van der Waals surface area contributed by atoms with Crippen LogP contribution in [-0.2, 0) is 10.0 Å². The van der Waals surface area contributed by atoms with Crippen LogP contribution in [0.15, 0.2) is 58.2 Å². The van der Waals surface area contributed by atoms with Crippen molar-refractivity contribution in [1.82, 2.24) is 14.3 Å². The van der Waals surface area contributed by atoms with Gasteiger partial charge in [-0.05, 0) is 50.1 Å². The van der Waals surface area contributed by atoms with Gasteiger partial charge in [0.1, 0.15) is 10.7 Å². The number of nitrogens with zero attached hydrogens (tertiary/aromatic N) is 2. The Morgan fingerprint density at radius 2 is 1.91 bits per heavy atom. The van der Waals surface area contributed by atoms with Crippen LogP contribution in [0.5, 0.6) is 0 Å². The largest absolute Gasteiger partial charge is 0.322 e. The van der Waals surface area contributed by atoms with E-state index in [4.69, 9.17) is 0 Å². The van der Waals surface area contributed by atoms with E-state index >= 15 is 0 Å². The summed E-state index contributed by atoms with van der Waals surface area (Å²) in [5, 5.41) is 2.72. The molecule has 10 heteroatoms. The number of aromatic nitrogens is 2. The summed E-state index contributed by atoms with van der Waals surface area (Å²) < 4.78 is 26.5. The van der Waals surface area contributed by atoms with Crippen LogP contribution in [0.25, 0.3) is 11.4 Å². The van der Waals surface area contributed by atoms with E-state index < -0.39 is 21.8 Å². The van der Waals surface area contributed by atoms with Crippen molar-refractivity contribution in [3.8, 4) is 11.4 Å². The van der Waals surface area contributed by atoms with Crippen LogP contribution in [0.4, 0.5) is 5.69 Å². The molecule has 2 aliphatic rings. The van der Waals surface area contributed by atoms with E-state index in [2.05, 4.69) is 15.3 Å². The van der Waals surface area contributed by atoms with Crippen molar-refractivity contribution in [2.24, 2.45) is 0 Å². The predicted molar refractivity (Wildman–Crippen MR) is 116 cm³/mol. The van der Waals surface area contributed by atoms with E-state index in [1.165, 1.54) is 24.3 Å².